The van der Waals surface area contributed by atoms with Crippen LogP contribution in [0, 0.1) is 0 Å². The number of aromatic carboxylic acids is 2. The van der Waals surface area contributed by atoms with E-state index in [4.69, 9.17) is 0 Å². The van der Waals surface area contributed by atoms with Crippen LogP contribution in [-0.2, 0) is 22.4 Å². The Labute approximate surface area is 206 Å². The minimum Gasteiger partial charge on any atom is -0.545 e. The van der Waals surface area contributed by atoms with E-state index in [1.54, 1.807) is 13.0 Å². The fourth-order valence-corrected chi connectivity index (χ4v) is 4.00. The summed E-state index contributed by atoms with van der Waals surface area (Å²) in [5.41, 5.74) is 1.17. The molecule has 0 fully saturated rings. The molecule has 0 aliphatic carbocycles. The van der Waals surface area contributed by atoms with Crippen LogP contribution in [0.5, 0.6) is 0 Å². The van der Waals surface area contributed by atoms with Crippen molar-refractivity contribution in [2.75, 3.05) is 6.61 Å². The number of esters is 1. The smallest absolute Gasteiger partial charge is 0.302 e. The number of carbonyl (C=O) groups excluding carboxylic acids is 3. The Morgan fingerprint density at radius 2 is 1.21 bits per heavy atom. The molecule has 0 saturated heterocycles. The summed E-state index contributed by atoms with van der Waals surface area (Å²) >= 11 is 0. The number of carbonyl (C=O) groups is 3. The largest absolute Gasteiger partial charge is 0.545 e. The molecule has 0 spiro atoms. The van der Waals surface area contributed by atoms with Gasteiger partial charge in [0, 0.05) is 18.1 Å². The van der Waals surface area contributed by atoms with Gasteiger partial charge in [-0.25, -0.2) is 0 Å². The average molecular weight is 477 g/mol. The number of unbranched alkanes of at least 4 members (excludes halogenated alkanes) is 10. The van der Waals surface area contributed by atoms with Crippen molar-refractivity contribution < 1.29 is 29.3 Å². The van der Waals surface area contributed by atoms with Gasteiger partial charge in [0.1, 0.15) is 0 Å². The Bertz CT molecular complexity index is 726. The number of hydrogen-bond acceptors (Lipinski definition) is 6. The maximum absolute atomic E-state index is 11.7. The molecular weight excluding hydrogens is 432 g/mol. The topological polar surface area (TPSA) is 107 Å². The van der Waals surface area contributed by atoms with Crippen molar-refractivity contribution in [3.8, 4) is 0 Å². The third-order valence-corrected chi connectivity index (χ3v) is 5.76. The number of ether oxygens (including phenoxy) is 1. The molecule has 6 heteroatoms. The molecule has 0 atom stereocenters. The molecule has 1 rings (SSSR count). The van der Waals surface area contributed by atoms with Gasteiger partial charge in [0.2, 0.25) is 0 Å². The average Bonchev–Trinajstić information content (AvgIpc) is 2.78. The monoisotopic (exact) mass is 476 g/mol. The Morgan fingerprint density at radius 1 is 0.706 bits per heavy atom. The van der Waals surface area contributed by atoms with Crippen LogP contribution < -0.4 is 10.2 Å². The summed E-state index contributed by atoms with van der Waals surface area (Å²) in [6.45, 7) is 8.02. The molecule has 0 aliphatic rings. The zero-order valence-corrected chi connectivity index (χ0v) is 21.7. The minimum absolute atomic E-state index is 0.169. The van der Waals surface area contributed by atoms with Crippen LogP contribution in [0.15, 0.2) is 12.1 Å². The van der Waals surface area contributed by atoms with Crippen molar-refractivity contribution in [3.63, 3.8) is 0 Å². The van der Waals surface area contributed by atoms with Crippen molar-refractivity contribution >= 4 is 17.9 Å². The van der Waals surface area contributed by atoms with Crippen LogP contribution in [-0.4, -0.2) is 24.5 Å². The molecule has 194 valence electrons. The molecule has 0 N–H and O–H groups in total. The van der Waals surface area contributed by atoms with Crippen LogP contribution in [0.3, 0.4) is 0 Å². The molecule has 0 amide bonds. The van der Waals surface area contributed by atoms with E-state index in [9.17, 15) is 24.6 Å². The quantitative estimate of drug-likeness (QED) is 0.236. The van der Waals surface area contributed by atoms with E-state index in [0.717, 1.165) is 44.1 Å². The van der Waals surface area contributed by atoms with E-state index < -0.39 is 11.9 Å². The summed E-state index contributed by atoms with van der Waals surface area (Å²) < 4.78 is 4.40. The minimum atomic E-state index is -1.45. The number of carboxylic acid groups (broad SMARTS) is 2. The molecule has 0 saturated carbocycles. The second-order valence-corrected chi connectivity index (χ2v) is 8.66. The van der Waals surface area contributed by atoms with Gasteiger partial charge >= 0.3 is 5.97 Å². The fraction of sp³-hybridized carbons (Fsp3) is 0.679. The van der Waals surface area contributed by atoms with Gasteiger partial charge in [0.25, 0.3) is 0 Å². The van der Waals surface area contributed by atoms with E-state index >= 15 is 0 Å². The molecule has 0 radical (unpaired) electrons. The first-order valence-corrected chi connectivity index (χ1v) is 13.0. The summed E-state index contributed by atoms with van der Waals surface area (Å²) in [4.78, 5) is 32.9. The van der Waals surface area contributed by atoms with E-state index in [2.05, 4.69) is 18.6 Å². The van der Waals surface area contributed by atoms with Gasteiger partial charge < -0.3 is 24.5 Å². The molecule has 0 bridgehead atoms. The number of carboxylic acids is 2. The highest BCUT2D eigenvalue weighted by molar-refractivity contribution is 6.01. The summed E-state index contributed by atoms with van der Waals surface area (Å²) in [6, 6.07) is 3.15. The Kier molecular flexibility index (Phi) is 18.6. The molecule has 0 aliphatic heterocycles. The maximum Gasteiger partial charge on any atom is 0.302 e. The van der Waals surface area contributed by atoms with Crippen molar-refractivity contribution in [2.45, 2.75) is 118 Å². The normalized spacial score (nSPS) is 10.4. The first-order chi connectivity index (χ1) is 16.3. The molecule has 34 heavy (non-hydrogen) atoms. The van der Waals surface area contributed by atoms with Crippen LogP contribution in [0.25, 0.3) is 0 Å². The zero-order chi connectivity index (χ0) is 25.8. The van der Waals surface area contributed by atoms with Gasteiger partial charge in [0.15, 0.2) is 0 Å². The summed E-state index contributed by atoms with van der Waals surface area (Å²) in [6.07, 6.45) is 15.0. The summed E-state index contributed by atoms with van der Waals surface area (Å²) in [7, 11) is 0. The molecule has 0 unspecified atom stereocenters. The van der Waals surface area contributed by atoms with Crippen LogP contribution in [0.1, 0.15) is 137 Å². The number of benzene rings is 1. The second-order valence-electron chi connectivity index (χ2n) is 8.66. The predicted molar refractivity (Wildman–Crippen MR) is 132 cm³/mol. The lowest BCUT2D eigenvalue weighted by Crippen LogP contribution is -2.31. The summed E-state index contributed by atoms with van der Waals surface area (Å²) in [5.74, 6) is -3.07. The highest BCUT2D eigenvalue weighted by atomic mass is 16.5. The highest BCUT2D eigenvalue weighted by Gasteiger charge is 2.15. The Hall–Kier alpha value is -2.37. The first-order valence-electron chi connectivity index (χ1n) is 13.0. The third kappa shape index (κ3) is 14.0. The predicted octanol–water partition coefficient (Wildman–Crippen LogP) is 4.79. The van der Waals surface area contributed by atoms with E-state index in [0.29, 0.717) is 18.6 Å². The molecule has 1 aromatic rings. The lowest BCUT2D eigenvalue weighted by Gasteiger charge is -2.20. The molecule has 1 aromatic carbocycles. The van der Waals surface area contributed by atoms with Gasteiger partial charge in [-0.2, -0.15) is 0 Å². The second kappa shape index (κ2) is 20.0. The van der Waals surface area contributed by atoms with Crippen LogP contribution in [0.2, 0.25) is 0 Å². The molecule has 6 nitrogen and oxygen atoms in total. The fourth-order valence-electron chi connectivity index (χ4n) is 4.00. The molecule has 0 heterocycles. The number of rotatable bonds is 17. The lowest BCUT2D eigenvalue weighted by atomic mass is 9.89. The standard InChI is InChI=1S/C24H38O4.C4H8O2/c1-3-5-7-9-11-13-15-19-17-18-21(23(25)26)22(24(27)28)20(19)16-14-12-10-8-6-4-2;1-3-6-4(2)5/h17-18H,3-16H2,1-2H3,(H,25,26)(H,27,28);3H2,1-2H3/p-2. The lowest BCUT2D eigenvalue weighted by molar-refractivity contribution is -0.259. The van der Waals surface area contributed by atoms with Crippen LogP contribution >= 0.6 is 0 Å². The van der Waals surface area contributed by atoms with Crippen molar-refractivity contribution in [1.29, 1.82) is 0 Å². The number of hydrogen-bond donors (Lipinski definition) is 0. The summed E-state index contributed by atoms with van der Waals surface area (Å²) in [5, 5.41) is 23.1. The SMILES string of the molecule is CCCCCCCCc1ccc(C(=O)[O-])c(C(=O)[O-])c1CCCCCCCC.CCOC(C)=O. The van der Waals surface area contributed by atoms with Crippen LogP contribution in [0.4, 0.5) is 0 Å². The zero-order valence-electron chi connectivity index (χ0n) is 21.7. The Morgan fingerprint density at radius 3 is 1.62 bits per heavy atom. The van der Waals surface area contributed by atoms with Crippen molar-refractivity contribution in [1.82, 2.24) is 0 Å². The third-order valence-electron chi connectivity index (χ3n) is 5.76. The first kappa shape index (κ1) is 31.6. The molecular formula is C28H44O6-2. The van der Waals surface area contributed by atoms with Gasteiger partial charge in [-0.15, -0.1) is 0 Å². The van der Waals surface area contributed by atoms with E-state index in [-0.39, 0.29) is 17.1 Å². The van der Waals surface area contributed by atoms with E-state index in [1.165, 1.54) is 57.9 Å². The van der Waals surface area contributed by atoms with Gasteiger partial charge in [-0.1, -0.05) is 90.2 Å². The van der Waals surface area contributed by atoms with Gasteiger partial charge in [0.05, 0.1) is 18.5 Å². The highest BCUT2D eigenvalue weighted by Crippen LogP contribution is 2.24. The van der Waals surface area contributed by atoms with Crippen molar-refractivity contribution in [2.24, 2.45) is 0 Å². The number of aryl methyl sites for hydroxylation is 1. The van der Waals surface area contributed by atoms with Gasteiger partial charge in [-0.05, 0) is 43.7 Å². The van der Waals surface area contributed by atoms with E-state index in [1.807, 2.05) is 0 Å². The maximum atomic E-state index is 11.7. The van der Waals surface area contributed by atoms with Gasteiger partial charge in [-0.3, -0.25) is 4.79 Å². The van der Waals surface area contributed by atoms with Crippen molar-refractivity contribution in [3.05, 3.63) is 34.4 Å². The Balaban J connectivity index is 0.00000160. The molecule has 0 aromatic heterocycles.